The van der Waals surface area contributed by atoms with Crippen LogP contribution < -0.4 is 0 Å². The monoisotopic (exact) mass is 185 g/mol. The molecule has 0 spiro atoms. The van der Waals surface area contributed by atoms with Crippen molar-refractivity contribution in [3.05, 3.63) is 36.0 Å². The molecule has 0 bridgehead atoms. The predicted molar refractivity (Wildman–Crippen MR) is 43.3 cm³/mol. The highest BCUT2D eigenvalue weighted by Crippen LogP contribution is 2.34. The summed E-state index contributed by atoms with van der Waals surface area (Å²) in [7, 11) is 0. The van der Waals surface area contributed by atoms with Crippen LogP contribution in [-0.4, -0.2) is 4.98 Å². The Balaban J connectivity index is 2.72. The normalized spacial score (nSPS) is 12.2. The maximum Gasteiger partial charge on any atom is 0.418 e. The molecule has 2 rings (SSSR count). The van der Waals surface area contributed by atoms with Crippen molar-refractivity contribution in [2.24, 2.45) is 0 Å². The van der Waals surface area contributed by atoms with Gasteiger partial charge in [-0.3, -0.25) is 0 Å². The van der Waals surface area contributed by atoms with Crippen LogP contribution in [0.5, 0.6) is 0 Å². The van der Waals surface area contributed by atoms with E-state index in [2.05, 4.69) is 4.98 Å². The van der Waals surface area contributed by atoms with E-state index in [0.29, 0.717) is 5.52 Å². The van der Waals surface area contributed by atoms with Gasteiger partial charge in [0, 0.05) is 17.1 Å². The second kappa shape index (κ2) is 2.52. The summed E-state index contributed by atoms with van der Waals surface area (Å²) in [4.78, 5) is 2.57. The quantitative estimate of drug-likeness (QED) is 0.648. The average Bonchev–Trinajstić information content (AvgIpc) is 2.45. The van der Waals surface area contributed by atoms with Gasteiger partial charge in [0.15, 0.2) is 0 Å². The average molecular weight is 185 g/mol. The van der Waals surface area contributed by atoms with E-state index < -0.39 is 11.7 Å². The molecule has 4 heteroatoms. The number of para-hydroxylation sites is 1. The molecule has 0 saturated heterocycles. The Morgan fingerprint density at radius 2 is 1.77 bits per heavy atom. The zero-order chi connectivity index (χ0) is 9.47. The molecule has 2 aromatic rings. The number of hydrogen-bond donors (Lipinski definition) is 1. The summed E-state index contributed by atoms with van der Waals surface area (Å²) >= 11 is 0. The summed E-state index contributed by atoms with van der Waals surface area (Å²) in [5.41, 5.74) is -0.0991. The summed E-state index contributed by atoms with van der Waals surface area (Å²) in [6.45, 7) is 0. The molecular formula is C9H6F3N. The summed E-state index contributed by atoms with van der Waals surface area (Å²) in [6.07, 6.45) is -3.29. The largest absolute Gasteiger partial charge is 0.418 e. The molecule has 0 atom stereocenters. The Labute approximate surface area is 72.2 Å². The second-order valence-electron chi connectivity index (χ2n) is 2.75. The molecule has 0 amide bonds. The fraction of sp³-hybridized carbons (Fsp3) is 0.111. The molecule has 1 nitrogen and oxygen atoms in total. The van der Waals surface area contributed by atoms with Crippen molar-refractivity contribution in [1.29, 1.82) is 0 Å². The number of nitrogens with one attached hydrogen (secondary N) is 1. The van der Waals surface area contributed by atoms with Crippen LogP contribution >= 0.6 is 0 Å². The lowest BCUT2D eigenvalue weighted by atomic mass is 10.2. The molecule has 0 aliphatic heterocycles. The highest BCUT2D eigenvalue weighted by Gasteiger charge is 2.33. The van der Waals surface area contributed by atoms with Crippen molar-refractivity contribution in [1.82, 2.24) is 4.98 Å². The minimum atomic E-state index is -4.28. The van der Waals surface area contributed by atoms with E-state index in [1.807, 2.05) is 0 Å². The summed E-state index contributed by atoms with van der Waals surface area (Å²) in [5.74, 6) is 0. The van der Waals surface area contributed by atoms with Gasteiger partial charge in [0.2, 0.25) is 0 Å². The fourth-order valence-electron chi connectivity index (χ4n) is 1.31. The summed E-state index contributed by atoms with van der Waals surface area (Å²) in [6, 6.07) is 6.35. The molecule has 0 saturated carbocycles. The van der Waals surface area contributed by atoms with Gasteiger partial charge in [0.1, 0.15) is 0 Å². The lowest BCUT2D eigenvalue weighted by Gasteiger charge is -2.02. The van der Waals surface area contributed by atoms with Crippen molar-refractivity contribution in [3.8, 4) is 0 Å². The first kappa shape index (κ1) is 8.16. The Bertz CT molecular complexity index is 428. The van der Waals surface area contributed by atoms with Gasteiger partial charge in [0.25, 0.3) is 0 Å². The van der Waals surface area contributed by atoms with Crippen LogP contribution in [0.2, 0.25) is 0 Å². The molecule has 0 aliphatic carbocycles. The number of aromatic nitrogens is 1. The number of rotatable bonds is 0. The van der Waals surface area contributed by atoms with Crippen LogP contribution in [0.15, 0.2) is 30.5 Å². The zero-order valence-corrected chi connectivity index (χ0v) is 6.52. The van der Waals surface area contributed by atoms with E-state index in [4.69, 9.17) is 0 Å². The minimum absolute atomic E-state index is 0.218. The molecule has 68 valence electrons. The molecule has 1 aromatic carbocycles. The van der Waals surface area contributed by atoms with Crippen molar-refractivity contribution in [2.45, 2.75) is 6.18 Å². The first-order valence-corrected chi connectivity index (χ1v) is 3.72. The number of halogens is 3. The number of hydrogen-bond acceptors (Lipinski definition) is 0. The molecule has 1 N–H and O–H groups in total. The SMILES string of the molecule is FC(F)(F)c1c[nH]c2ccccc12. The number of alkyl halides is 3. The molecule has 0 aliphatic rings. The van der Waals surface area contributed by atoms with Crippen molar-refractivity contribution >= 4 is 10.9 Å². The van der Waals surface area contributed by atoms with Crippen LogP contribution in [0.25, 0.3) is 10.9 Å². The van der Waals surface area contributed by atoms with E-state index >= 15 is 0 Å². The molecular weight excluding hydrogens is 179 g/mol. The smallest absolute Gasteiger partial charge is 0.361 e. The highest BCUT2D eigenvalue weighted by atomic mass is 19.4. The molecule has 0 radical (unpaired) electrons. The third kappa shape index (κ3) is 1.28. The predicted octanol–water partition coefficient (Wildman–Crippen LogP) is 3.19. The van der Waals surface area contributed by atoms with Gasteiger partial charge in [0.05, 0.1) is 5.56 Å². The van der Waals surface area contributed by atoms with E-state index in [9.17, 15) is 13.2 Å². The fourth-order valence-corrected chi connectivity index (χ4v) is 1.31. The first-order chi connectivity index (χ1) is 6.09. The van der Waals surface area contributed by atoms with Gasteiger partial charge >= 0.3 is 6.18 Å². The van der Waals surface area contributed by atoms with E-state index in [0.717, 1.165) is 6.20 Å². The molecule has 0 fully saturated rings. The maximum absolute atomic E-state index is 12.3. The first-order valence-electron chi connectivity index (χ1n) is 3.72. The van der Waals surface area contributed by atoms with Crippen LogP contribution in [0.4, 0.5) is 13.2 Å². The Morgan fingerprint density at radius 3 is 2.46 bits per heavy atom. The van der Waals surface area contributed by atoms with Crippen molar-refractivity contribution in [3.63, 3.8) is 0 Å². The minimum Gasteiger partial charge on any atom is -0.361 e. The Morgan fingerprint density at radius 1 is 1.08 bits per heavy atom. The molecule has 13 heavy (non-hydrogen) atoms. The van der Waals surface area contributed by atoms with Gasteiger partial charge in [-0.1, -0.05) is 18.2 Å². The van der Waals surface area contributed by atoms with Crippen LogP contribution in [0.1, 0.15) is 5.56 Å². The van der Waals surface area contributed by atoms with Gasteiger partial charge in [-0.05, 0) is 6.07 Å². The summed E-state index contributed by atoms with van der Waals surface area (Å²) < 4.78 is 37.0. The lowest BCUT2D eigenvalue weighted by molar-refractivity contribution is -0.136. The molecule has 0 unspecified atom stereocenters. The lowest BCUT2D eigenvalue weighted by Crippen LogP contribution is -2.02. The van der Waals surface area contributed by atoms with Crippen LogP contribution in [-0.2, 0) is 6.18 Å². The Kier molecular flexibility index (Phi) is 1.58. The Hall–Kier alpha value is -1.45. The zero-order valence-electron chi connectivity index (χ0n) is 6.52. The maximum atomic E-state index is 12.3. The number of fused-ring (bicyclic) bond motifs is 1. The van der Waals surface area contributed by atoms with Crippen molar-refractivity contribution < 1.29 is 13.2 Å². The standard InChI is InChI=1S/C9H6F3N/c10-9(11,12)7-5-13-8-4-2-1-3-6(7)8/h1-5,13H. The van der Waals surface area contributed by atoms with E-state index in [1.165, 1.54) is 6.07 Å². The van der Waals surface area contributed by atoms with E-state index in [-0.39, 0.29) is 5.39 Å². The summed E-state index contributed by atoms with van der Waals surface area (Å²) in [5, 5.41) is 0.218. The van der Waals surface area contributed by atoms with Crippen molar-refractivity contribution in [2.75, 3.05) is 0 Å². The van der Waals surface area contributed by atoms with Gasteiger partial charge in [-0.25, -0.2) is 0 Å². The number of aromatic amines is 1. The number of H-pyrrole nitrogens is 1. The van der Waals surface area contributed by atoms with Crippen LogP contribution in [0.3, 0.4) is 0 Å². The van der Waals surface area contributed by atoms with Crippen LogP contribution in [0, 0.1) is 0 Å². The molecule has 1 heterocycles. The van der Waals surface area contributed by atoms with E-state index in [1.54, 1.807) is 18.2 Å². The topological polar surface area (TPSA) is 15.8 Å². The van der Waals surface area contributed by atoms with Gasteiger partial charge < -0.3 is 4.98 Å². The third-order valence-corrected chi connectivity index (χ3v) is 1.89. The van der Waals surface area contributed by atoms with Gasteiger partial charge in [-0.2, -0.15) is 13.2 Å². The molecule has 1 aromatic heterocycles. The second-order valence-corrected chi connectivity index (χ2v) is 2.75. The van der Waals surface area contributed by atoms with Gasteiger partial charge in [-0.15, -0.1) is 0 Å². The highest BCUT2D eigenvalue weighted by molar-refractivity contribution is 5.83. The third-order valence-electron chi connectivity index (χ3n) is 1.89. The number of benzene rings is 1.